The van der Waals surface area contributed by atoms with Gasteiger partial charge in [-0.25, -0.2) is 0 Å². The van der Waals surface area contributed by atoms with E-state index in [0.717, 1.165) is 0 Å². The van der Waals surface area contributed by atoms with Crippen molar-refractivity contribution in [3.8, 4) is 6.07 Å². The monoisotopic (exact) mass is 170 g/mol. The van der Waals surface area contributed by atoms with Crippen molar-refractivity contribution in [2.75, 3.05) is 0 Å². The Bertz CT molecular complexity index is 210. The predicted octanol–water partition coefficient (Wildman–Crippen LogP) is 0.163. The van der Waals surface area contributed by atoms with Gasteiger partial charge in [-0.1, -0.05) is 13.3 Å². The molecule has 0 rings (SSSR count). The standard InChI is InChI=1S/C8H14N2O2/c1-3-4-8(12,7(10)11)6(2)5-9/h6,12H,3-4H2,1-2H3,(H2,10,11)/t6-,8-/m1/s1. The lowest BCUT2D eigenvalue weighted by molar-refractivity contribution is -0.140. The molecule has 0 bridgehead atoms. The van der Waals surface area contributed by atoms with E-state index >= 15 is 0 Å². The summed E-state index contributed by atoms with van der Waals surface area (Å²) in [5.41, 5.74) is 3.33. The molecule has 1 amide bonds. The van der Waals surface area contributed by atoms with Crippen LogP contribution in [-0.4, -0.2) is 16.6 Å². The van der Waals surface area contributed by atoms with Crippen LogP contribution >= 0.6 is 0 Å². The van der Waals surface area contributed by atoms with Crippen LogP contribution in [0.15, 0.2) is 0 Å². The summed E-state index contributed by atoms with van der Waals surface area (Å²) in [5.74, 6) is -1.58. The Hall–Kier alpha value is -1.08. The number of nitrogens with two attached hydrogens (primary N) is 1. The number of carbonyl (C=O) groups is 1. The van der Waals surface area contributed by atoms with Gasteiger partial charge >= 0.3 is 0 Å². The zero-order valence-electron chi connectivity index (χ0n) is 7.37. The van der Waals surface area contributed by atoms with Gasteiger partial charge in [-0.2, -0.15) is 5.26 Å². The largest absolute Gasteiger partial charge is 0.379 e. The zero-order chi connectivity index (χ0) is 9.78. The van der Waals surface area contributed by atoms with Crippen LogP contribution in [0.4, 0.5) is 0 Å². The molecule has 4 nitrogen and oxygen atoms in total. The second-order valence-electron chi connectivity index (χ2n) is 2.89. The van der Waals surface area contributed by atoms with Crippen molar-refractivity contribution in [2.45, 2.75) is 32.3 Å². The van der Waals surface area contributed by atoms with Gasteiger partial charge in [-0.05, 0) is 13.3 Å². The summed E-state index contributed by atoms with van der Waals surface area (Å²) in [7, 11) is 0. The number of aliphatic hydroxyl groups is 1. The summed E-state index contributed by atoms with van der Waals surface area (Å²) in [4.78, 5) is 10.8. The fraction of sp³-hybridized carbons (Fsp3) is 0.750. The number of rotatable bonds is 4. The highest BCUT2D eigenvalue weighted by Crippen LogP contribution is 2.21. The number of nitriles is 1. The van der Waals surface area contributed by atoms with E-state index in [-0.39, 0.29) is 6.42 Å². The van der Waals surface area contributed by atoms with Gasteiger partial charge in [0.15, 0.2) is 5.60 Å². The first-order valence-electron chi connectivity index (χ1n) is 3.91. The van der Waals surface area contributed by atoms with Crippen LogP contribution in [0.2, 0.25) is 0 Å². The van der Waals surface area contributed by atoms with Gasteiger partial charge in [0.25, 0.3) is 5.91 Å². The van der Waals surface area contributed by atoms with E-state index in [1.54, 1.807) is 0 Å². The van der Waals surface area contributed by atoms with Crippen molar-refractivity contribution in [1.29, 1.82) is 5.26 Å². The lowest BCUT2D eigenvalue weighted by Gasteiger charge is -2.25. The molecule has 0 heterocycles. The molecule has 2 atom stereocenters. The molecule has 0 aliphatic carbocycles. The van der Waals surface area contributed by atoms with Gasteiger partial charge in [0.1, 0.15) is 0 Å². The summed E-state index contributed by atoms with van der Waals surface area (Å²) in [6.45, 7) is 3.30. The fourth-order valence-corrected chi connectivity index (χ4v) is 1.04. The maximum atomic E-state index is 10.8. The van der Waals surface area contributed by atoms with E-state index in [2.05, 4.69) is 0 Å². The SMILES string of the molecule is CCC[C@](O)(C(N)=O)[C@H](C)C#N. The average molecular weight is 170 g/mol. The maximum absolute atomic E-state index is 10.8. The number of amides is 1. The summed E-state index contributed by atoms with van der Waals surface area (Å²) in [6, 6.07) is 1.82. The highest BCUT2D eigenvalue weighted by atomic mass is 16.3. The van der Waals surface area contributed by atoms with Crippen molar-refractivity contribution in [3.05, 3.63) is 0 Å². The maximum Gasteiger partial charge on any atom is 0.250 e. The summed E-state index contributed by atoms with van der Waals surface area (Å²) in [6.07, 6.45) is 0.850. The second-order valence-corrected chi connectivity index (χ2v) is 2.89. The Morgan fingerprint density at radius 2 is 2.33 bits per heavy atom. The number of primary amides is 1. The molecule has 0 unspecified atom stereocenters. The molecule has 0 radical (unpaired) electrons. The third-order valence-electron chi connectivity index (χ3n) is 1.97. The number of nitrogens with zero attached hydrogens (tertiary/aromatic N) is 1. The molecule has 0 saturated carbocycles. The molecule has 0 saturated heterocycles. The zero-order valence-corrected chi connectivity index (χ0v) is 7.37. The molecule has 0 aliphatic heterocycles. The van der Waals surface area contributed by atoms with Crippen LogP contribution in [0.25, 0.3) is 0 Å². The Morgan fingerprint density at radius 3 is 2.58 bits per heavy atom. The van der Waals surface area contributed by atoms with Gasteiger partial charge in [0.2, 0.25) is 0 Å². The third kappa shape index (κ3) is 1.95. The van der Waals surface area contributed by atoms with E-state index in [1.165, 1.54) is 6.92 Å². The van der Waals surface area contributed by atoms with Crippen LogP contribution in [0, 0.1) is 17.2 Å². The van der Waals surface area contributed by atoms with Gasteiger partial charge in [-0.15, -0.1) is 0 Å². The van der Waals surface area contributed by atoms with Gasteiger partial charge < -0.3 is 10.8 Å². The summed E-state index contributed by atoms with van der Waals surface area (Å²) < 4.78 is 0. The van der Waals surface area contributed by atoms with Crippen LogP contribution in [-0.2, 0) is 4.79 Å². The van der Waals surface area contributed by atoms with Crippen molar-refractivity contribution in [2.24, 2.45) is 11.7 Å². The fourth-order valence-electron chi connectivity index (χ4n) is 1.04. The Balaban J connectivity index is 4.63. The quantitative estimate of drug-likeness (QED) is 0.630. The average Bonchev–Trinajstić information content (AvgIpc) is 2.03. The highest BCUT2D eigenvalue weighted by Gasteiger charge is 2.39. The summed E-state index contributed by atoms with van der Waals surface area (Å²) in [5, 5.41) is 18.2. The van der Waals surface area contributed by atoms with E-state index in [9.17, 15) is 9.90 Å². The minimum atomic E-state index is -1.66. The van der Waals surface area contributed by atoms with Gasteiger partial charge in [0, 0.05) is 0 Å². The molecule has 0 aliphatic rings. The normalized spacial score (nSPS) is 17.5. The van der Waals surface area contributed by atoms with Gasteiger partial charge in [0.05, 0.1) is 12.0 Å². The lowest BCUT2D eigenvalue weighted by Crippen LogP contribution is -2.48. The third-order valence-corrected chi connectivity index (χ3v) is 1.97. The Morgan fingerprint density at radius 1 is 1.83 bits per heavy atom. The number of hydrogen-bond donors (Lipinski definition) is 2. The van der Waals surface area contributed by atoms with Crippen LogP contribution < -0.4 is 5.73 Å². The van der Waals surface area contributed by atoms with Crippen LogP contribution in [0.5, 0.6) is 0 Å². The smallest absolute Gasteiger partial charge is 0.250 e. The molecular weight excluding hydrogens is 156 g/mol. The molecule has 68 valence electrons. The molecule has 0 spiro atoms. The Labute approximate surface area is 72.0 Å². The van der Waals surface area contributed by atoms with E-state index < -0.39 is 17.4 Å². The van der Waals surface area contributed by atoms with Crippen molar-refractivity contribution in [3.63, 3.8) is 0 Å². The van der Waals surface area contributed by atoms with Gasteiger partial charge in [-0.3, -0.25) is 4.79 Å². The Kier molecular flexibility index (Phi) is 3.71. The van der Waals surface area contributed by atoms with E-state index in [1.807, 2.05) is 13.0 Å². The minimum Gasteiger partial charge on any atom is -0.379 e. The van der Waals surface area contributed by atoms with Crippen molar-refractivity contribution in [1.82, 2.24) is 0 Å². The number of carbonyl (C=O) groups excluding carboxylic acids is 1. The predicted molar refractivity (Wildman–Crippen MR) is 43.8 cm³/mol. The molecule has 0 aromatic rings. The lowest BCUT2D eigenvalue weighted by atomic mass is 9.85. The van der Waals surface area contributed by atoms with E-state index in [4.69, 9.17) is 11.0 Å². The minimum absolute atomic E-state index is 0.233. The molecular formula is C8H14N2O2. The topological polar surface area (TPSA) is 87.1 Å². The van der Waals surface area contributed by atoms with Crippen molar-refractivity contribution < 1.29 is 9.90 Å². The first-order valence-corrected chi connectivity index (χ1v) is 3.91. The van der Waals surface area contributed by atoms with Crippen LogP contribution in [0.3, 0.4) is 0 Å². The molecule has 4 heteroatoms. The first-order chi connectivity index (χ1) is 5.49. The summed E-state index contributed by atoms with van der Waals surface area (Å²) >= 11 is 0. The number of hydrogen-bond acceptors (Lipinski definition) is 3. The molecule has 0 fully saturated rings. The molecule has 3 N–H and O–H groups in total. The van der Waals surface area contributed by atoms with E-state index in [0.29, 0.717) is 6.42 Å². The van der Waals surface area contributed by atoms with Crippen LogP contribution in [0.1, 0.15) is 26.7 Å². The van der Waals surface area contributed by atoms with Crippen molar-refractivity contribution >= 4 is 5.91 Å². The molecule has 0 aromatic carbocycles. The molecule has 12 heavy (non-hydrogen) atoms. The molecule has 0 aromatic heterocycles. The highest BCUT2D eigenvalue weighted by molar-refractivity contribution is 5.83. The first kappa shape index (κ1) is 10.9. The second kappa shape index (κ2) is 4.07.